The van der Waals surface area contributed by atoms with Crippen LogP contribution in [-0.2, 0) is 0 Å². The van der Waals surface area contributed by atoms with E-state index in [1.165, 1.54) is 4.68 Å². The quantitative estimate of drug-likeness (QED) is 0.847. The second-order valence-corrected chi connectivity index (χ2v) is 6.31. The molecule has 1 aliphatic heterocycles. The first-order valence-corrected chi connectivity index (χ1v) is 8.50. The molecule has 1 aliphatic rings. The van der Waals surface area contributed by atoms with Crippen molar-refractivity contribution in [3.8, 4) is 5.69 Å². The predicted octanol–water partition coefficient (Wildman–Crippen LogP) is 2.95. The largest absolute Gasteiger partial charge is 0.380 e. The van der Waals surface area contributed by atoms with Crippen LogP contribution < -0.4 is 10.9 Å². The number of halogens is 1. The molecule has 1 fully saturated rings. The fraction of sp³-hybridized carbons (Fsp3) is 0.333. The molecule has 126 valence electrons. The van der Waals surface area contributed by atoms with Crippen molar-refractivity contribution in [2.45, 2.75) is 18.9 Å². The van der Waals surface area contributed by atoms with Crippen LogP contribution in [0.4, 0.5) is 5.69 Å². The summed E-state index contributed by atoms with van der Waals surface area (Å²) in [5, 5.41) is 7.81. The summed E-state index contributed by atoms with van der Waals surface area (Å²) >= 11 is 6.29. The average Bonchev–Trinajstić information content (AvgIpc) is 2.62. The van der Waals surface area contributed by atoms with Crippen molar-refractivity contribution in [1.82, 2.24) is 14.7 Å². The van der Waals surface area contributed by atoms with E-state index in [-0.39, 0.29) is 10.6 Å². The molecule has 0 unspecified atom stereocenters. The second kappa shape index (κ2) is 7.64. The minimum Gasteiger partial charge on any atom is -0.380 e. The zero-order valence-corrected chi connectivity index (χ0v) is 14.2. The molecular weight excluding hydrogens is 324 g/mol. The minimum absolute atomic E-state index is 0.183. The van der Waals surface area contributed by atoms with Crippen LogP contribution in [0.25, 0.3) is 5.69 Å². The fourth-order valence-corrected chi connectivity index (χ4v) is 3.13. The molecule has 24 heavy (non-hydrogen) atoms. The van der Waals surface area contributed by atoms with Crippen LogP contribution in [-0.4, -0.2) is 40.4 Å². The van der Waals surface area contributed by atoms with Crippen molar-refractivity contribution >= 4 is 17.3 Å². The number of benzene rings is 1. The normalized spacial score (nSPS) is 16.0. The summed E-state index contributed by atoms with van der Waals surface area (Å²) in [6.07, 6.45) is 5.57. The molecule has 1 aromatic heterocycles. The van der Waals surface area contributed by atoms with Gasteiger partial charge in [0.1, 0.15) is 5.02 Å². The van der Waals surface area contributed by atoms with Crippen molar-refractivity contribution in [1.29, 1.82) is 0 Å². The first-order valence-electron chi connectivity index (χ1n) is 8.12. The van der Waals surface area contributed by atoms with Gasteiger partial charge in [0.05, 0.1) is 17.6 Å². The van der Waals surface area contributed by atoms with Crippen LogP contribution in [0, 0.1) is 0 Å². The van der Waals surface area contributed by atoms with Crippen LogP contribution in [0.2, 0.25) is 5.02 Å². The highest BCUT2D eigenvalue weighted by Gasteiger charge is 2.20. The van der Waals surface area contributed by atoms with Gasteiger partial charge in [-0.1, -0.05) is 35.9 Å². The lowest BCUT2D eigenvalue weighted by atomic mass is 10.0. The Morgan fingerprint density at radius 3 is 2.67 bits per heavy atom. The first-order chi connectivity index (χ1) is 11.7. The molecule has 0 spiro atoms. The lowest BCUT2D eigenvalue weighted by Gasteiger charge is -2.32. The molecule has 0 aliphatic carbocycles. The van der Waals surface area contributed by atoms with Gasteiger partial charge >= 0.3 is 0 Å². The van der Waals surface area contributed by atoms with E-state index in [0.717, 1.165) is 32.5 Å². The third kappa shape index (κ3) is 3.68. The molecule has 2 heterocycles. The number of nitrogens with zero attached hydrogens (tertiary/aromatic N) is 3. The maximum atomic E-state index is 12.5. The average molecular weight is 345 g/mol. The van der Waals surface area contributed by atoms with Crippen molar-refractivity contribution in [2.75, 3.05) is 25.0 Å². The molecule has 2 aromatic rings. The molecule has 0 amide bonds. The molecule has 0 saturated carbocycles. The van der Waals surface area contributed by atoms with E-state index in [4.69, 9.17) is 11.6 Å². The van der Waals surface area contributed by atoms with E-state index in [2.05, 4.69) is 21.9 Å². The third-order valence-electron chi connectivity index (χ3n) is 4.25. The molecule has 1 saturated heterocycles. The molecular formula is C18H21ClN4O. The number of hydrogen-bond donors (Lipinski definition) is 1. The molecule has 5 nitrogen and oxygen atoms in total. The lowest BCUT2D eigenvalue weighted by Crippen LogP contribution is -2.39. The molecule has 1 aromatic carbocycles. The molecule has 3 rings (SSSR count). The van der Waals surface area contributed by atoms with E-state index in [1.54, 1.807) is 6.20 Å². The summed E-state index contributed by atoms with van der Waals surface area (Å²) in [4.78, 5) is 14.8. The van der Waals surface area contributed by atoms with Crippen LogP contribution in [0.1, 0.15) is 12.8 Å². The predicted molar refractivity (Wildman–Crippen MR) is 98.1 cm³/mol. The Morgan fingerprint density at radius 1 is 1.29 bits per heavy atom. The summed E-state index contributed by atoms with van der Waals surface area (Å²) in [7, 11) is 0. The van der Waals surface area contributed by atoms with Gasteiger partial charge in [0.15, 0.2) is 0 Å². The van der Waals surface area contributed by atoms with Crippen LogP contribution in [0.15, 0.2) is 54.0 Å². The topological polar surface area (TPSA) is 50.2 Å². The smallest absolute Gasteiger partial charge is 0.292 e. The van der Waals surface area contributed by atoms with Crippen molar-refractivity contribution < 1.29 is 0 Å². The van der Waals surface area contributed by atoms with E-state index < -0.39 is 0 Å². The van der Waals surface area contributed by atoms with Gasteiger partial charge in [-0.05, 0) is 25.0 Å². The molecule has 0 radical (unpaired) electrons. The van der Waals surface area contributed by atoms with Crippen molar-refractivity contribution in [3.05, 3.63) is 64.6 Å². The Balaban J connectivity index is 1.73. The fourth-order valence-electron chi connectivity index (χ4n) is 2.95. The van der Waals surface area contributed by atoms with Gasteiger partial charge in [0, 0.05) is 25.7 Å². The SMILES string of the molecule is C=CCN1CCC(Nc2cnn(-c3ccccc3)c(=O)c2Cl)CC1. The molecule has 6 heteroatoms. The standard InChI is InChI=1S/C18H21ClN4O/c1-2-10-22-11-8-14(9-12-22)21-16-13-20-23(18(24)17(16)19)15-6-4-3-5-7-15/h2-7,13-14,21H,1,8-12H2. The van der Waals surface area contributed by atoms with Gasteiger partial charge in [-0.2, -0.15) is 9.78 Å². The zero-order valence-electron chi connectivity index (χ0n) is 13.5. The van der Waals surface area contributed by atoms with E-state index in [1.807, 2.05) is 36.4 Å². The van der Waals surface area contributed by atoms with Crippen LogP contribution >= 0.6 is 11.6 Å². The second-order valence-electron chi connectivity index (χ2n) is 5.93. The van der Waals surface area contributed by atoms with Crippen LogP contribution in [0.3, 0.4) is 0 Å². The number of rotatable bonds is 5. The van der Waals surface area contributed by atoms with Gasteiger partial charge in [-0.15, -0.1) is 6.58 Å². The number of aromatic nitrogens is 2. The van der Waals surface area contributed by atoms with Gasteiger partial charge in [0.25, 0.3) is 5.56 Å². The van der Waals surface area contributed by atoms with Crippen molar-refractivity contribution in [2.24, 2.45) is 0 Å². The summed E-state index contributed by atoms with van der Waals surface area (Å²) in [6.45, 7) is 6.71. The molecule has 0 atom stereocenters. The first kappa shape index (κ1) is 16.7. The summed E-state index contributed by atoms with van der Waals surface area (Å²) < 4.78 is 1.32. The molecule has 1 N–H and O–H groups in total. The van der Waals surface area contributed by atoms with E-state index >= 15 is 0 Å². The van der Waals surface area contributed by atoms with Gasteiger partial charge in [-0.25, -0.2) is 0 Å². The van der Waals surface area contributed by atoms with Gasteiger partial charge in [0.2, 0.25) is 0 Å². The Bertz CT molecular complexity index is 751. The number of likely N-dealkylation sites (tertiary alicyclic amines) is 1. The molecule has 0 bridgehead atoms. The highest BCUT2D eigenvalue weighted by atomic mass is 35.5. The maximum absolute atomic E-state index is 12.5. The Labute approximate surface area is 146 Å². The minimum atomic E-state index is -0.308. The van der Waals surface area contributed by atoms with E-state index in [0.29, 0.717) is 17.4 Å². The van der Waals surface area contributed by atoms with Gasteiger partial charge < -0.3 is 5.32 Å². The number of nitrogens with one attached hydrogen (secondary N) is 1. The maximum Gasteiger partial charge on any atom is 0.292 e. The lowest BCUT2D eigenvalue weighted by molar-refractivity contribution is 0.240. The third-order valence-corrected chi connectivity index (χ3v) is 4.62. The number of para-hydroxylation sites is 1. The number of hydrogen-bond acceptors (Lipinski definition) is 4. The Morgan fingerprint density at radius 2 is 2.00 bits per heavy atom. The van der Waals surface area contributed by atoms with Gasteiger partial charge in [-0.3, -0.25) is 9.69 Å². The summed E-state index contributed by atoms with van der Waals surface area (Å²) in [5.74, 6) is 0. The Kier molecular flexibility index (Phi) is 5.33. The highest BCUT2D eigenvalue weighted by Crippen LogP contribution is 2.21. The van der Waals surface area contributed by atoms with E-state index in [9.17, 15) is 4.79 Å². The summed E-state index contributed by atoms with van der Waals surface area (Å²) in [6, 6.07) is 9.57. The highest BCUT2D eigenvalue weighted by molar-refractivity contribution is 6.32. The monoisotopic (exact) mass is 344 g/mol. The van der Waals surface area contributed by atoms with Crippen LogP contribution in [0.5, 0.6) is 0 Å². The Hall–Kier alpha value is -2.11. The summed E-state index contributed by atoms with van der Waals surface area (Å²) in [5.41, 5.74) is 1.00. The zero-order chi connectivity index (χ0) is 16.9. The van der Waals surface area contributed by atoms with Crippen molar-refractivity contribution in [3.63, 3.8) is 0 Å². The number of piperidine rings is 1. The number of anilines is 1.